The number of nitrogens with zero attached hydrogens (tertiary/aromatic N) is 2. The average Bonchev–Trinajstić information content (AvgIpc) is 3.44. The van der Waals surface area contributed by atoms with Gasteiger partial charge in [-0.05, 0) is 74.0 Å². The van der Waals surface area contributed by atoms with E-state index < -0.39 is 14.0 Å². The molecule has 46 heavy (non-hydrogen) atoms. The Morgan fingerprint density at radius 3 is 2.37 bits per heavy atom. The zero-order valence-corrected chi connectivity index (χ0v) is 30.7. The maximum Gasteiger partial charge on any atom is 0.123 e. The van der Waals surface area contributed by atoms with E-state index in [0.717, 1.165) is 59.0 Å². The third-order valence-corrected chi connectivity index (χ3v) is 11.2. The smallest absolute Gasteiger partial charge is 0.123 e. The summed E-state index contributed by atoms with van der Waals surface area (Å²) in [5.41, 5.74) is 4.69. The quantitative estimate of drug-likeness (QED) is 0.0983. The minimum atomic E-state index is -1.23. The predicted molar refractivity (Wildman–Crippen MR) is 194 cm³/mol. The van der Waals surface area contributed by atoms with E-state index >= 15 is 0 Å². The van der Waals surface area contributed by atoms with E-state index in [4.69, 9.17) is 1.37 Å². The summed E-state index contributed by atoms with van der Waals surface area (Å²) in [7, 11) is -1.23. The molecule has 0 amide bonds. The van der Waals surface area contributed by atoms with Crippen molar-refractivity contribution in [3.8, 4) is 22.5 Å². The maximum absolute atomic E-state index is 13.7. The van der Waals surface area contributed by atoms with E-state index in [-0.39, 0.29) is 25.9 Å². The predicted octanol–water partition coefficient (Wildman–Crippen LogP) is 11.0. The molecule has 6 heteroatoms. The molecule has 3 aromatic heterocycles. The molecule has 4 aromatic carbocycles. The van der Waals surface area contributed by atoms with Crippen LogP contribution in [0.1, 0.15) is 26.7 Å². The van der Waals surface area contributed by atoms with Gasteiger partial charge in [0.05, 0.1) is 8.07 Å². The number of rotatable bonds is 5. The standard InChI is InChI=1S/C26H19FNS.C14H16NSi.Ir/c1-3-5-16(2)17-12-13-28-24(15-17)23-7-4-6-21-22-10-8-18-14-19(27)9-11-20(18)25(22)29-26(21)23;1-16(2,3)13-9-10-14(15-11-13)12-7-5-4-6-8-12;/h3-6,8-16H,1-2H3;4-7,9-11H,1-3H3;/q2*-1;/b5-3-;;/i16D;;. The van der Waals surface area contributed by atoms with Crippen LogP contribution >= 0.6 is 11.3 Å². The Labute approximate surface area is 290 Å². The first kappa shape index (κ1) is 32.1. The van der Waals surface area contributed by atoms with Crippen LogP contribution in [0.25, 0.3) is 53.5 Å². The molecule has 233 valence electrons. The third kappa shape index (κ3) is 7.11. The van der Waals surface area contributed by atoms with Crippen LogP contribution < -0.4 is 5.19 Å². The fourth-order valence-electron chi connectivity index (χ4n) is 5.40. The second-order valence-corrected chi connectivity index (χ2v) is 18.2. The molecule has 1 radical (unpaired) electrons. The monoisotopic (exact) mass is 816 g/mol. The Morgan fingerprint density at radius 2 is 1.65 bits per heavy atom. The van der Waals surface area contributed by atoms with Gasteiger partial charge in [-0.15, -0.1) is 59.7 Å². The van der Waals surface area contributed by atoms with Crippen molar-refractivity contribution < 1.29 is 25.9 Å². The van der Waals surface area contributed by atoms with Crippen LogP contribution in [-0.4, -0.2) is 18.0 Å². The second kappa shape index (κ2) is 14.3. The van der Waals surface area contributed by atoms with Crippen molar-refractivity contribution in [1.29, 1.82) is 0 Å². The molecule has 0 fully saturated rings. The van der Waals surface area contributed by atoms with Gasteiger partial charge in [0, 0.05) is 38.6 Å². The number of hydrogen-bond acceptors (Lipinski definition) is 3. The average molecular weight is 816 g/mol. The first-order valence-electron chi connectivity index (χ1n) is 15.5. The number of allylic oxidation sites excluding steroid dienone is 2. The third-order valence-electron chi connectivity index (χ3n) is 7.88. The van der Waals surface area contributed by atoms with Crippen LogP contribution in [0, 0.1) is 17.9 Å². The Bertz CT molecular complexity index is 2190. The summed E-state index contributed by atoms with van der Waals surface area (Å²) in [6.07, 6.45) is 7.56. The van der Waals surface area contributed by atoms with Crippen molar-refractivity contribution >= 4 is 55.5 Å². The fraction of sp³-hybridized carbons (Fsp3) is 0.150. The minimum Gasteiger partial charge on any atom is -0.305 e. The molecule has 0 saturated carbocycles. The molecule has 1 atom stereocenters. The SMILES string of the molecule is C[Si](C)(C)c1ccc(-c2[c-]cccc2)nc1.[2H]C(C)(/C=C\C)c1ccnc(-c2[c-]ccc3c2sc2c4ccc(F)cc4ccc32)c1.[Ir]. The Balaban J connectivity index is 0.000000217. The first-order valence-corrected chi connectivity index (χ1v) is 19.4. The van der Waals surface area contributed by atoms with E-state index in [1.165, 1.54) is 11.3 Å². The molecule has 0 aliphatic carbocycles. The Morgan fingerprint density at radius 1 is 0.848 bits per heavy atom. The van der Waals surface area contributed by atoms with Crippen LogP contribution in [0.2, 0.25) is 19.6 Å². The van der Waals surface area contributed by atoms with Crippen molar-refractivity contribution in [2.45, 2.75) is 39.4 Å². The minimum absolute atomic E-state index is 0. The van der Waals surface area contributed by atoms with Gasteiger partial charge >= 0.3 is 0 Å². The molecule has 7 rings (SSSR count). The normalized spacial score (nSPS) is 13.2. The van der Waals surface area contributed by atoms with Crippen LogP contribution in [-0.2, 0) is 20.1 Å². The largest absolute Gasteiger partial charge is 0.305 e. The van der Waals surface area contributed by atoms with Gasteiger partial charge in [0.25, 0.3) is 0 Å². The molecule has 3 heterocycles. The van der Waals surface area contributed by atoms with Gasteiger partial charge in [-0.25, -0.2) is 4.39 Å². The van der Waals surface area contributed by atoms with Crippen LogP contribution in [0.3, 0.4) is 0 Å². The number of pyridine rings is 2. The molecule has 0 N–H and O–H groups in total. The number of thiophene rings is 1. The summed E-state index contributed by atoms with van der Waals surface area (Å²) >= 11 is 1.69. The number of halogens is 1. The van der Waals surface area contributed by atoms with Crippen molar-refractivity contribution in [2.24, 2.45) is 0 Å². The van der Waals surface area contributed by atoms with Gasteiger partial charge in [-0.2, -0.15) is 11.3 Å². The van der Waals surface area contributed by atoms with Gasteiger partial charge in [-0.3, -0.25) is 0 Å². The number of aromatic nitrogens is 2. The zero-order chi connectivity index (χ0) is 32.5. The van der Waals surface area contributed by atoms with Crippen LogP contribution in [0.4, 0.5) is 4.39 Å². The van der Waals surface area contributed by atoms with Crippen molar-refractivity contribution in [3.63, 3.8) is 0 Å². The molecule has 0 bridgehead atoms. The van der Waals surface area contributed by atoms with Gasteiger partial charge in [0.1, 0.15) is 5.82 Å². The molecule has 0 spiro atoms. The van der Waals surface area contributed by atoms with E-state index in [1.54, 1.807) is 23.6 Å². The van der Waals surface area contributed by atoms with Crippen molar-refractivity contribution in [3.05, 3.63) is 139 Å². The van der Waals surface area contributed by atoms with E-state index in [1.807, 2.05) is 86.8 Å². The molecule has 0 aliphatic heterocycles. The van der Waals surface area contributed by atoms with Crippen molar-refractivity contribution in [2.75, 3.05) is 0 Å². The molecule has 2 nitrogen and oxygen atoms in total. The van der Waals surface area contributed by atoms with Crippen LogP contribution in [0.5, 0.6) is 0 Å². The topological polar surface area (TPSA) is 25.8 Å². The van der Waals surface area contributed by atoms with Crippen molar-refractivity contribution in [1.82, 2.24) is 9.97 Å². The summed E-state index contributed by atoms with van der Waals surface area (Å²) in [6.45, 7) is 10.8. The van der Waals surface area contributed by atoms with Gasteiger partial charge in [0.2, 0.25) is 0 Å². The van der Waals surface area contributed by atoms with E-state index in [0.29, 0.717) is 0 Å². The Hall–Kier alpha value is -3.80. The van der Waals surface area contributed by atoms with Gasteiger partial charge in [0.15, 0.2) is 0 Å². The molecular formula is C40H35FIrN2SSi-2. The second-order valence-electron chi connectivity index (χ2n) is 12.1. The zero-order valence-electron chi connectivity index (χ0n) is 27.5. The van der Waals surface area contributed by atoms with Gasteiger partial charge in [-0.1, -0.05) is 80.5 Å². The molecule has 0 aliphatic rings. The molecular weight excluding hydrogens is 780 g/mol. The number of fused-ring (bicyclic) bond motifs is 5. The molecule has 0 saturated heterocycles. The summed E-state index contributed by atoms with van der Waals surface area (Å²) in [5, 5.41) is 5.64. The summed E-state index contributed by atoms with van der Waals surface area (Å²) in [6, 6.07) is 35.7. The molecule has 1 unspecified atom stereocenters. The maximum atomic E-state index is 13.7. The molecule has 7 aromatic rings. The summed E-state index contributed by atoms with van der Waals surface area (Å²) in [5.74, 6) is -1.04. The van der Waals surface area contributed by atoms with E-state index in [2.05, 4.69) is 66.0 Å². The number of benzene rings is 4. The Kier molecular flexibility index (Phi) is 10.0. The van der Waals surface area contributed by atoms with E-state index in [9.17, 15) is 4.39 Å². The fourth-order valence-corrected chi connectivity index (χ4v) is 7.77. The van der Waals surface area contributed by atoms with Gasteiger partial charge < -0.3 is 9.97 Å². The summed E-state index contributed by atoms with van der Waals surface area (Å²) < 4.78 is 24.6. The van der Waals surface area contributed by atoms with Crippen LogP contribution in [0.15, 0.2) is 116 Å². The summed E-state index contributed by atoms with van der Waals surface area (Å²) in [4.78, 5) is 9.11. The first-order chi connectivity index (χ1) is 22.0. The number of hydrogen-bond donors (Lipinski definition) is 0.